The van der Waals surface area contributed by atoms with E-state index in [1.54, 1.807) is 10.9 Å². The van der Waals surface area contributed by atoms with E-state index in [0.717, 1.165) is 19.3 Å². The van der Waals surface area contributed by atoms with Crippen molar-refractivity contribution in [3.63, 3.8) is 0 Å². The highest BCUT2D eigenvalue weighted by Gasteiger charge is 2.21. The molecule has 0 spiro atoms. The highest BCUT2D eigenvalue weighted by Crippen LogP contribution is 2.42. The average molecular weight is 512 g/mol. The molecule has 2 aromatic heterocycles. The molecule has 10 heteroatoms. The Morgan fingerprint density at radius 3 is 2.11 bits per heavy atom. The van der Waals surface area contributed by atoms with E-state index in [1.165, 1.54) is 77.0 Å². The van der Waals surface area contributed by atoms with Crippen molar-refractivity contribution in [2.45, 2.75) is 116 Å². The summed E-state index contributed by atoms with van der Waals surface area (Å²) in [4.78, 5) is 22.4. The molecule has 0 bridgehead atoms. The highest BCUT2D eigenvalue weighted by atomic mass is 31.2. The first-order chi connectivity index (χ1) is 16.9. The molecule has 0 aliphatic heterocycles. The molecule has 0 aliphatic carbocycles. The molecule has 3 N–H and O–H groups in total. The number of hydrogen-bond acceptors (Lipinski definition) is 7. The van der Waals surface area contributed by atoms with Crippen LogP contribution < -0.4 is 5.73 Å². The molecule has 35 heavy (non-hydrogen) atoms. The number of nitrogens with zero attached hydrogens (tertiary/aromatic N) is 4. The monoisotopic (exact) mass is 511 g/mol. The number of nitrogen functional groups attached to an aromatic ring is 1. The molecule has 9 nitrogen and oxygen atoms in total. The van der Waals surface area contributed by atoms with Crippen LogP contribution in [0.1, 0.15) is 104 Å². The van der Waals surface area contributed by atoms with Crippen LogP contribution in [0.25, 0.3) is 11.2 Å². The maximum Gasteiger partial charge on any atom is 0.353 e. The smallest absolute Gasteiger partial charge is 0.353 e. The van der Waals surface area contributed by atoms with Crippen molar-refractivity contribution >= 4 is 24.6 Å². The number of anilines is 1. The molecule has 0 radical (unpaired) electrons. The quantitative estimate of drug-likeness (QED) is 0.145. The van der Waals surface area contributed by atoms with Gasteiger partial charge in [-0.3, -0.25) is 4.57 Å². The van der Waals surface area contributed by atoms with Crippen LogP contribution in [0.15, 0.2) is 12.7 Å². The number of unbranched alkanes of at least 4 members (excludes halogenated alkanes) is 13. The van der Waals surface area contributed by atoms with Crippen molar-refractivity contribution < 1.29 is 18.7 Å². The van der Waals surface area contributed by atoms with Crippen molar-refractivity contribution in [3.8, 4) is 0 Å². The highest BCUT2D eigenvalue weighted by molar-refractivity contribution is 7.52. The van der Waals surface area contributed by atoms with E-state index in [2.05, 4.69) is 21.9 Å². The molecule has 0 saturated carbocycles. The largest absolute Gasteiger partial charge is 0.382 e. The van der Waals surface area contributed by atoms with Crippen molar-refractivity contribution in [2.75, 3.05) is 18.7 Å². The van der Waals surface area contributed by atoms with Crippen LogP contribution in [0, 0.1) is 0 Å². The lowest BCUT2D eigenvalue weighted by atomic mass is 10.0. The number of imidazole rings is 1. The van der Waals surface area contributed by atoms with E-state index in [0.29, 0.717) is 23.5 Å². The summed E-state index contributed by atoms with van der Waals surface area (Å²) >= 11 is 0. The molecular weight excluding hydrogens is 465 g/mol. The first-order valence-electron chi connectivity index (χ1n) is 13.4. The summed E-state index contributed by atoms with van der Waals surface area (Å²) in [5.41, 5.74) is 6.94. The van der Waals surface area contributed by atoms with E-state index >= 15 is 0 Å². The molecule has 2 rings (SSSR count). The van der Waals surface area contributed by atoms with Gasteiger partial charge in [0.25, 0.3) is 0 Å². The lowest BCUT2D eigenvalue weighted by Gasteiger charge is -2.17. The topological polar surface area (TPSA) is 125 Å². The first kappa shape index (κ1) is 29.7. The SMILES string of the molecule is CCCCCCCCCCCCCCCCOP(=O)(O)CO[C@H](C)Cn1cnc2c(N)ncnc21. The number of ether oxygens (including phenoxy) is 1. The predicted molar refractivity (Wildman–Crippen MR) is 141 cm³/mol. The van der Waals surface area contributed by atoms with E-state index in [-0.39, 0.29) is 19.1 Å². The molecule has 2 heterocycles. The fraction of sp³-hybridized carbons (Fsp3) is 0.800. The van der Waals surface area contributed by atoms with Gasteiger partial charge < -0.3 is 24.5 Å². The second-order valence-corrected chi connectivity index (χ2v) is 11.3. The molecule has 0 saturated heterocycles. The van der Waals surface area contributed by atoms with Gasteiger partial charge in [-0.1, -0.05) is 90.4 Å². The van der Waals surface area contributed by atoms with E-state index in [1.807, 2.05) is 6.92 Å². The molecule has 0 amide bonds. The van der Waals surface area contributed by atoms with Gasteiger partial charge in [-0.2, -0.15) is 0 Å². The van der Waals surface area contributed by atoms with Gasteiger partial charge in [0.15, 0.2) is 11.5 Å². The Morgan fingerprint density at radius 1 is 0.943 bits per heavy atom. The van der Waals surface area contributed by atoms with Crippen LogP contribution >= 0.6 is 7.60 Å². The van der Waals surface area contributed by atoms with Crippen molar-refractivity contribution in [2.24, 2.45) is 0 Å². The van der Waals surface area contributed by atoms with Crippen molar-refractivity contribution in [3.05, 3.63) is 12.7 Å². The summed E-state index contributed by atoms with van der Waals surface area (Å²) in [6, 6.07) is 0. The van der Waals surface area contributed by atoms with E-state index in [4.69, 9.17) is 15.0 Å². The van der Waals surface area contributed by atoms with Crippen LogP contribution in [-0.4, -0.2) is 43.5 Å². The Labute approximate surface area is 210 Å². The van der Waals surface area contributed by atoms with Gasteiger partial charge in [0.05, 0.1) is 25.6 Å². The van der Waals surface area contributed by atoms with Crippen LogP contribution in [0.4, 0.5) is 5.82 Å². The summed E-state index contributed by atoms with van der Waals surface area (Å²) in [6.45, 7) is 4.79. The van der Waals surface area contributed by atoms with Gasteiger partial charge in [-0.15, -0.1) is 0 Å². The number of fused-ring (bicyclic) bond motifs is 1. The Morgan fingerprint density at radius 2 is 1.51 bits per heavy atom. The maximum absolute atomic E-state index is 12.3. The zero-order valence-corrected chi connectivity index (χ0v) is 22.6. The lowest BCUT2D eigenvalue weighted by Crippen LogP contribution is -2.17. The van der Waals surface area contributed by atoms with Gasteiger partial charge in [0.1, 0.15) is 18.2 Å². The Balaban J connectivity index is 1.46. The maximum atomic E-state index is 12.3. The standard InChI is InChI=1S/C25H46N5O4P/c1-3-4-5-6-7-8-9-10-11-12-13-14-15-16-17-34-35(31,32)21-33-22(2)18-30-20-29-23-24(26)27-19-28-25(23)30/h19-20,22H,3-18,21H2,1-2H3,(H,31,32)(H2,26,27,28)/t22-/m1/s1. The molecule has 0 aliphatic rings. The van der Waals surface area contributed by atoms with Gasteiger partial charge >= 0.3 is 7.60 Å². The third-order valence-electron chi connectivity index (χ3n) is 6.20. The molecular formula is C25H46N5O4P. The second kappa shape index (κ2) is 17.0. The minimum absolute atomic E-state index is 0.284. The predicted octanol–water partition coefficient (Wildman–Crippen LogP) is 6.45. The van der Waals surface area contributed by atoms with E-state index in [9.17, 15) is 9.46 Å². The Bertz CT molecular complexity index is 879. The molecule has 0 fully saturated rings. The third kappa shape index (κ3) is 12.3. The van der Waals surface area contributed by atoms with Gasteiger partial charge in [-0.25, -0.2) is 15.0 Å². The fourth-order valence-corrected chi connectivity index (χ4v) is 5.06. The molecule has 2 atom stereocenters. The summed E-state index contributed by atoms with van der Waals surface area (Å²) < 4.78 is 24.9. The minimum Gasteiger partial charge on any atom is -0.382 e. The second-order valence-electron chi connectivity index (χ2n) is 9.50. The Hall–Kier alpha value is -1.54. The molecule has 1 unspecified atom stereocenters. The van der Waals surface area contributed by atoms with Crippen molar-refractivity contribution in [1.29, 1.82) is 0 Å². The zero-order valence-electron chi connectivity index (χ0n) is 21.7. The van der Waals surface area contributed by atoms with Crippen molar-refractivity contribution in [1.82, 2.24) is 19.5 Å². The zero-order chi connectivity index (χ0) is 25.4. The number of rotatable bonds is 21. The van der Waals surface area contributed by atoms with Gasteiger partial charge in [0, 0.05) is 0 Å². The Kier molecular flexibility index (Phi) is 14.4. The minimum atomic E-state index is -3.77. The number of nitrogens with two attached hydrogens (primary N) is 1. The summed E-state index contributed by atoms with van der Waals surface area (Å²) in [7, 11) is -3.77. The van der Waals surface area contributed by atoms with Crippen LogP contribution in [0.2, 0.25) is 0 Å². The van der Waals surface area contributed by atoms with Gasteiger partial charge in [0.2, 0.25) is 0 Å². The number of hydrogen-bond donors (Lipinski definition) is 2. The molecule has 2 aromatic rings. The van der Waals surface area contributed by atoms with E-state index < -0.39 is 7.60 Å². The molecule has 200 valence electrons. The summed E-state index contributed by atoms with van der Waals surface area (Å²) in [6.07, 6.45) is 20.1. The normalized spacial score (nSPS) is 14.4. The van der Waals surface area contributed by atoms with Crippen LogP contribution in [-0.2, 0) is 20.4 Å². The third-order valence-corrected chi connectivity index (χ3v) is 7.26. The van der Waals surface area contributed by atoms with Crippen LogP contribution in [0.5, 0.6) is 0 Å². The summed E-state index contributed by atoms with van der Waals surface area (Å²) in [5.74, 6) is 0.319. The van der Waals surface area contributed by atoms with Gasteiger partial charge in [-0.05, 0) is 13.3 Å². The summed E-state index contributed by atoms with van der Waals surface area (Å²) in [5, 5.41) is 0. The molecule has 0 aromatic carbocycles. The number of aromatic nitrogens is 4. The first-order valence-corrected chi connectivity index (χ1v) is 15.2. The van der Waals surface area contributed by atoms with Crippen LogP contribution in [0.3, 0.4) is 0 Å². The average Bonchev–Trinajstić information content (AvgIpc) is 3.24. The fourth-order valence-electron chi connectivity index (χ4n) is 4.12. The lowest BCUT2D eigenvalue weighted by molar-refractivity contribution is 0.0715.